The number of alkyl halides is 3. The minimum absolute atomic E-state index is 0. The molecule has 160 valence electrons. The van der Waals surface area contributed by atoms with Gasteiger partial charge in [-0.05, 0) is 19.1 Å². The van der Waals surface area contributed by atoms with E-state index in [0.717, 1.165) is 0 Å². The molecule has 2 aromatic carbocycles. The molecule has 0 aromatic heterocycles. The monoisotopic (exact) mass is 525 g/mol. The number of phenolic OH excluding ortho intramolecular Hbond substituents is 1. The number of nitrogens with zero attached hydrogens (tertiary/aromatic N) is 1. The van der Waals surface area contributed by atoms with Crippen LogP contribution >= 0.6 is 24.0 Å². The van der Waals surface area contributed by atoms with Crippen LogP contribution in [0.25, 0.3) is 0 Å². The number of ether oxygens (including phenoxy) is 2. The summed E-state index contributed by atoms with van der Waals surface area (Å²) in [6.07, 6.45) is -4.77. The Hall–Kier alpha value is -2.37. The molecule has 0 spiro atoms. The normalized spacial score (nSPS) is 11.4. The molecule has 0 aliphatic carbocycles. The first kappa shape index (κ1) is 24.7. The number of methoxy groups -OCH3 is 1. The molecule has 0 amide bonds. The fraction of sp³-hybridized carbons (Fsp3) is 0.316. The minimum Gasteiger partial charge on any atom is -0.504 e. The zero-order valence-electron chi connectivity index (χ0n) is 15.9. The summed E-state index contributed by atoms with van der Waals surface area (Å²) in [5.41, 5.74) is 0.881. The Bertz CT molecular complexity index is 817. The molecule has 0 bridgehead atoms. The highest BCUT2D eigenvalue weighted by atomic mass is 127. The van der Waals surface area contributed by atoms with Crippen molar-refractivity contribution in [3.8, 4) is 17.2 Å². The van der Waals surface area contributed by atoms with Crippen molar-refractivity contribution in [1.29, 1.82) is 0 Å². The van der Waals surface area contributed by atoms with Gasteiger partial charge in [-0.2, -0.15) is 0 Å². The van der Waals surface area contributed by atoms with Crippen LogP contribution in [0.4, 0.5) is 13.2 Å². The van der Waals surface area contributed by atoms with E-state index in [1.807, 2.05) is 6.92 Å². The van der Waals surface area contributed by atoms with Gasteiger partial charge in [-0.25, -0.2) is 4.99 Å². The molecule has 10 heteroatoms. The minimum atomic E-state index is -4.77. The van der Waals surface area contributed by atoms with E-state index in [2.05, 4.69) is 20.4 Å². The van der Waals surface area contributed by atoms with Crippen molar-refractivity contribution in [3.05, 3.63) is 53.6 Å². The van der Waals surface area contributed by atoms with Crippen molar-refractivity contribution in [2.45, 2.75) is 26.4 Å². The van der Waals surface area contributed by atoms with Crippen LogP contribution in [0.3, 0.4) is 0 Å². The quantitative estimate of drug-likeness (QED) is 0.288. The summed E-state index contributed by atoms with van der Waals surface area (Å²) >= 11 is 0. The summed E-state index contributed by atoms with van der Waals surface area (Å²) < 4.78 is 46.7. The fourth-order valence-corrected chi connectivity index (χ4v) is 2.42. The van der Waals surface area contributed by atoms with Crippen LogP contribution in [-0.4, -0.2) is 31.1 Å². The fourth-order valence-electron chi connectivity index (χ4n) is 2.42. The maximum atomic E-state index is 12.5. The molecule has 0 aliphatic rings. The molecule has 0 radical (unpaired) electrons. The van der Waals surface area contributed by atoms with Crippen molar-refractivity contribution in [1.82, 2.24) is 10.6 Å². The van der Waals surface area contributed by atoms with Crippen molar-refractivity contribution in [2.24, 2.45) is 4.99 Å². The maximum Gasteiger partial charge on any atom is 0.573 e. The Balaban J connectivity index is 0.00000420. The van der Waals surface area contributed by atoms with Crippen LogP contribution < -0.4 is 20.1 Å². The number of benzene rings is 2. The number of rotatable bonds is 7. The third-order valence-corrected chi connectivity index (χ3v) is 3.70. The van der Waals surface area contributed by atoms with Crippen molar-refractivity contribution >= 4 is 29.9 Å². The first-order valence-electron chi connectivity index (χ1n) is 8.54. The van der Waals surface area contributed by atoms with Gasteiger partial charge in [0.15, 0.2) is 17.5 Å². The standard InChI is InChI=1S/C19H22F3N3O3.HI/c1-3-23-18(25-12-14-8-6-10-16(27-2)17(14)26)24-11-13-7-4-5-9-15(13)28-19(20,21)22;/h4-10,26H,3,11-12H2,1-2H3,(H2,23,24,25);1H. The second-order valence-corrected chi connectivity index (χ2v) is 5.67. The number of aliphatic imine (C=N–C) groups is 1. The van der Waals surface area contributed by atoms with Gasteiger partial charge >= 0.3 is 6.36 Å². The first-order valence-corrected chi connectivity index (χ1v) is 8.54. The van der Waals surface area contributed by atoms with E-state index in [4.69, 9.17) is 4.74 Å². The molecule has 0 aliphatic heterocycles. The average Bonchev–Trinajstić information content (AvgIpc) is 2.65. The second kappa shape index (κ2) is 11.6. The number of nitrogens with one attached hydrogen (secondary N) is 2. The van der Waals surface area contributed by atoms with E-state index >= 15 is 0 Å². The van der Waals surface area contributed by atoms with Crippen molar-refractivity contribution in [2.75, 3.05) is 13.7 Å². The molecule has 0 atom stereocenters. The van der Waals surface area contributed by atoms with Crippen LogP contribution in [-0.2, 0) is 13.1 Å². The number of phenols is 1. The lowest BCUT2D eigenvalue weighted by atomic mass is 10.2. The Kier molecular flexibility index (Phi) is 9.86. The zero-order chi connectivity index (χ0) is 20.6. The third-order valence-electron chi connectivity index (χ3n) is 3.70. The van der Waals surface area contributed by atoms with Crippen LogP contribution in [0.15, 0.2) is 47.5 Å². The lowest BCUT2D eigenvalue weighted by Gasteiger charge is -2.15. The first-order chi connectivity index (χ1) is 13.3. The zero-order valence-corrected chi connectivity index (χ0v) is 18.2. The van der Waals surface area contributed by atoms with Gasteiger partial charge < -0.3 is 25.2 Å². The Morgan fingerprint density at radius 3 is 2.34 bits per heavy atom. The number of guanidine groups is 1. The summed E-state index contributed by atoms with van der Waals surface area (Å²) in [7, 11) is 1.46. The van der Waals surface area contributed by atoms with Gasteiger partial charge in [0.25, 0.3) is 0 Å². The highest BCUT2D eigenvalue weighted by Gasteiger charge is 2.31. The molecule has 6 nitrogen and oxygen atoms in total. The van der Waals surface area contributed by atoms with Gasteiger partial charge in [0.2, 0.25) is 0 Å². The lowest BCUT2D eigenvalue weighted by molar-refractivity contribution is -0.274. The van der Waals surface area contributed by atoms with E-state index < -0.39 is 6.36 Å². The van der Waals surface area contributed by atoms with E-state index in [-0.39, 0.29) is 48.6 Å². The Morgan fingerprint density at radius 2 is 1.69 bits per heavy atom. The van der Waals surface area contributed by atoms with Gasteiger partial charge in [0.05, 0.1) is 13.7 Å². The molecular weight excluding hydrogens is 502 g/mol. The topological polar surface area (TPSA) is 75.1 Å². The number of hydrogen-bond acceptors (Lipinski definition) is 4. The third kappa shape index (κ3) is 7.87. The summed E-state index contributed by atoms with van der Waals surface area (Å²) in [6, 6.07) is 10.9. The van der Waals surface area contributed by atoms with Gasteiger partial charge in [-0.15, -0.1) is 37.1 Å². The average molecular weight is 525 g/mol. The van der Waals surface area contributed by atoms with Crippen molar-refractivity contribution < 1.29 is 27.8 Å². The van der Waals surface area contributed by atoms with Crippen LogP contribution in [0.5, 0.6) is 17.2 Å². The highest BCUT2D eigenvalue weighted by Crippen LogP contribution is 2.29. The van der Waals surface area contributed by atoms with Gasteiger partial charge in [-0.3, -0.25) is 0 Å². The largest absolute Gasteiger partial charge is 0.573 e. The van der Waals surface area contributed by atoms with Crippen LogP contribution in [0, 0.1) is 0 Å². The molecule has 2 rings (SSSR count). The van der Waals surface area contributed by atoms with Crippen LogP contribution in [0.1, 0.15) is 18.1 Å². The summed E-state index contributed by atoms with van der Waals surface area (Å²) in [5.74, 6) is 0.448. The molecule has 0 saturated heterocycles. The molecule has 2 aromatic rings. The number of aromatic hydroxyl groups is 1. The molecule has 0 saturated carbocycles. The molecule has 0 unspecified atom stereocenters. The predicted molar refractivity (Wildman–Crippen MR) is 115 cm³/mol. The Labute approximate surface area is 184 Å². The highest BCUT2D eigenvalue weighted by molar-refractivity contribution is 14.0. The summed E-state index contributed by atoms with van der Waals surface area (Å²) in [5, 5.41) is 16.2. The predicted octanol–water partition coefficient (Wildman–Crippen LogP) is 4.17. The Morgan fingerprint density at radius 1 is 1.03 bits per heavy atom. The number of halogens is 4. The van der Waals surface area contributed by atoms with Gasteiger partial charge in [-0.1, -0.05) is 30.3 Å². The summed E-state index contributed by atoms with van der Waals surface area (Å²) in [4.78, 5) is 4.30. The van der Waals surface area contributed by atoms with Crippen LogP contribution in [0.2, 0.25) is 0 Å². The van der Waals surface area contributed by atoms with Gasteiger partial charge in [0.1, 0.15) is 5.75 Å². The number of hydrogen-bond donors (Lipinski definition) is 3. The van der Waals surface area contributed by atoms with E-state index in [1.54, 1.807) is 24.3 Å². The molecule has 3 N–H and O–H groups in total. The molecule has 29 heavy (non-hydrogen) atoms. The molecular formula is C19H23F3IN3O3. The van der Waals surface area contributed by atoms with Gasteiger partial charge in [0, 0.05) is 24.2 Å². The SMILES string of the molecule is CCNC(=NCc1ccccc1OC(F)(F)F)NCc1cccc(OC)c1O.I. The van der Waals surface area contributed by atoms with Crippen molar-refractivity contribution in [3.63, 3.8) is 0 Å². The van der Waals surface area contributed by atoms with E-state index in [9.17, 15) is 18.3 Å². The maximum absolute atomic E-state index is 12.5. The summed E-state index contributed by atoms with van der Waals surface area (Å²) in [6.45, 7) is 2.64. The van der Waals surface area contributed by atoms with E-state index in [0.29, 0.717) is 29.4 Å². The molecule has 0 fully saturated rings. The second-order valence-electron chi connectivity index (χ2n) is 5.67. The molecule has 0 heterocycles. The smallest absolute Gasteiger partial charge is 0.504 e. The number of para-hydroxylation sites is 2. The van der Waals surface area contributed by atoms with E-state index in [1.165, 1.54) is 25.3 Å². The lowest BCUT2D eigenvalue weighted by Crippen LogP contribution is -2.36.